The van der Waals surface area contributed by atoms with Crippen LogP contribution in [0.5, 0.6) is 0 Å². The van der Waals surface area contributed by atoms with Gasteiger partial charge in [-0.3, -0.25) is 4.79 Å². The van der Waals surface area contributed by atoms with E-state index < -0.39 is 18.2 Å². The van der Waals surface area contributed by atoms with E-state index in [1.54, 1.807) is 23.6 Å². The van der Waals surface area contributed by atoms with Crippen molar-refractivity contribution in [3.8, 4) is 0 Å². The first-order chi connectivity index (χ1) is 9.11. The van der Waals surface area contributed by atoms with Gasteiger partial charge in [-0.05, 0) is 11.6 Å². The molecule has 0 saturated carbocycles. The van der Waals surface area contributed by atoms with Gasteiger partial charge in [0, 0.05) is 28.0 Å². The van der Waals surface area contributed by atoms with E-state index in [0.717, 1.165) is 10.9 Å². The molecular formula is C12H10F2N2O3. The van der Waals surface area contributed by atoms with Gasteiger partial charge in [-0.15, -0.1) is 0 Å². The Bertz CT molecular complexity index is 612. The summed E-state index contributed by atoms with van der Waals surface area (Å²) in [6, 6.07) is 3.95. The summed E-state index contributed by atoms with van der Waals surface area (Å²) in [5.41, 5.74) is 1.45. The van der Waals surface area contributed by atoms with Gasteiger partial charge >= 0.3 is 12.1 Å². The van der Waals surface area contributed by atoms with Crippen LogP contribution >= 0.6 is 0 Å². The average Bonchev–Trinajstić information content (AvgIpc) is 2.81. The fourth-order valence-corrected chi connectivity index (χ4v) is 1.87. The number of H-pyrrole nitrogens is 1. The van der Waals surface area contributed by atoms with Crippen molar-refractivity contribution in [3.05, 3.63) is 36.0 Å². The second-order valence-electron chi connectivity index (χ2n) is 3.93. The Balaban J connectivity index is 2.21. The third-order valence-corrected chi connectivity index (χ3v) is 2.74. The number of halogens is 2. The number of aromatic nitrogens is 1. The van der Waals surface area contributed by atoms with Gasteiger partial charge in [-0.25, -0.2) is 9.74 Å². The number of rotatable bonds is 4. The van der Waals surface area contributed by atoms with Crippen LogP contribution in [0.15, 0.2) is 30.5 Å². The number of nitrogens with one attached hydrogen (secondary N) is 2. The van der Waals surface area contributed by atoms with Crippen LogP contribution in [0.1, 0.15) is 5.56 Å². The smallest absolute Gasteiger partial charge is 0.361 e. The number of amides is 1. The highest BCUT2D eigenvalue weighted by atomic mass is 19.3. The van der Waals surface area contributed by atoms with Gasteiger partial charge in [0.1, 0.15) is 6.04 Å². The van der Waals surface area contributed by atoms with Crippen molar-refractivity contribution in [1.29, 1.82) is 0 Å². The molecule has 0 spiro atoms. The molecule has 0 aliphatic heterocycles. The average molecular weight is 268 g/mol. The lowest BCUT2D eigenvalue weighted by molar-refractivity contribution is -0.132. The van der Waals surface area contributed by atoms with Crippen molar-refractivity contribution >= 4 is 23.0 Å². The lowest BCUT2D eigenvalue weighted by Gasteiger charge is -2.10. The second kappa shape index (κ2) is 5.47. The number of hydrogen-bond acceptors (Lipinski definition) is 3. The first-order valence-electron chi connectivity index (χ1n) is 5.45. The van der Waals surface area contributed by atoms with Crippen LogP contribution in [0.25, 0.3) is 10.9 Å². The number of para-hydroxylation sites is 1. The maximum Gasteiger partial charge on any atom is 0.445 e. The zero-order valence-electron chi connectivity index (χ0n) is 9.65. The monoisotopic (exact) mass is 268 g/mol. The summed E-state index contributed by atoms with van der Waals surface area (Å²) in [5, 5.41) is 2.59. The van der Waals surface area contributed by atoms with E-state index >= 15 is 0 Å². The van der Waals surface area contributed by atoms with Crippen molar-refractivity contribution in [3.63, 3.8) is 0 Å². The van der Waals surface area contributed by atoms with Crippen molar-refractivity contribution in [2.45, 2.75) is 12.5 Å². The van der Waals surface area contributed by atoms with Crippen molar-refractivity contribution in [2.24, 2.45) is 0 Å². The molecule has 0 aliphatic carbocycles. The van der Waals surface area contributed by atoms with Crippen LogP contribution in [0.2, 0.25) is 0 Å². The van der Waals surface area contributed by atoms with Gasteiger partial charge < -0.3 is 10.3 Å². The Morgan fingerprint density at radius 3 is 2.79 bits per heavy atom. The Hall–Kier alpha value is -2.44. The third-order valence-electron chi connectivity index (χ3n) is 2.74. The Kier molecular flexibility index (Phi) is 3.74. The molecule has 1 heterocycles. The van der Waals surface area contributed by atoms with Crippen molar-refractivity contribution in [2.75, 3.05) is 0 Å². The predicted octanol–water partition coefficient (Wildman–Crippen LogP) is 2.19. The van der Waals surface area contributed by atoms with Crippen molar-refractivity contribution < 1.29 is 23.4 Å². The molecule has 1 amide bonds. The van der Waals surface area contributed by atoms with Gasteiger partial charge in [-0.1, -0.05) is 18.2 Å². The molecular weight excluding hydrogens is 258 g/mol. The summed E-state index contributed by atoms with van der Waals surface area (Å²) in [5.74, 6) is 0. The van der Waals surface area contributed by atoms with Gasteiger partial charge in [0.2, 0.25) is 0 Å². The molecule has 0 radical (unpaired) electrons. The molecule has 5 nitrogen and oxygen atoms in total. The molecule has 0 bridgehead atoms. The van der Waals surface area contributed by atoms with Gasteiger partial charge in [0.15, 0.2) is 0 Å². The SMILES string of the molecule is O=C(N[C@@H](Cc1c[nH]c2ccccc12)C(=O)F)OF. The Labute approximate surface area is 106 Å². The van der Waals surface area contributed by atoms with Gasteiger partial charge in [0.25, 0.3) is 0 Å². The molecule has 7 heteroatoms. The minimum atomic E-state index is -1.77. The fourth-order valence-electron chi connectivity index (χ4n) is 1.87. The summed E-state index contributed by atoms with van der Waals surface area (Å²) in [4.78, 5) is 27.3. The Morgan fingerprint density at radius 1 is 1.37 bits per heavy atom. The highest BCUT2D eigenvalue weighted by molar-refractivity contribution is 5.85. The van der Waals surface area contributed by atoms with Crippen LogP contribution in [0.4, 0.5) is 13.7 Å². The van der Waals surface area contributed by atoms with E-state index in [2.05, 4.69) is 9.93 Å². The number of carbonyl (C=O) groups excluding carboxylic acids is 2. The van der Waals surface area contributed by atoms with Crippen LogP contribution in [0.3, 0.4) is 0 Å². The quantitative estimate of drug-likeness (QED) is 0.835. The molecule has 1 aromatic heterocycles. The number of hydrogen-bond donors (Lipinski definition) is 2. The molecule has 1 aromatic carbocycles. The van der Waals surface area contributed by atoms with Crippen LogP contribution in [-0.2, 0) is 16.2 Å². The maximum atomic E-state index is 12.8. The number of aromatic amines is 1. The summed E-state index contributed by atoms with van der Waals surface area (Å²) in [6.45, 7) is 0. The molecule has 100 valence electrons. The van der Waals surface area contributed by atoms with E-state index in [9.17, 15) is 18.5 Å². The normalized spacial score (nSPS) is 12.1. The highest BCUT2D eigenvalue weighted by Gasteiger charge is 2.23. The van der Waals surface area contributed by atoms with Gasteiger partial charge in [-0.2, -0.15) is 4.39 Å². The second-order valence-corrected chi connectivity index (χ2v) is 3.93. The summed E-state index contributed by atoms with van der Waals surface area (Å²) in [7, 11) is 0. The molecule has 2 rings (SSSR count). The minimum Gasteiger partial charge on any atom is -0.361 e. The first kappa shape index (κ1) is 13.0. The van der Waals surface area contributed by atoms with E-state index in [1.165, 1.54) is 0 Å². The molecule has 2 aromatic rings. The summed E-state index contributed by atoms with van der Waals surface area (Å²) in [6.07, 6.45) is -0.00632. The lowest BCUT2D eigenvalue weighted by atomic mass is 10.1. The van der Waals surface area contributed by atoms with Gasteiger partial charge in [0.05, 0.1) is 0 Å². The standard InChI is InChI=1S/C12H10F2N2O3/c13-11(17)10(16-12(18)19-14)5-7-6-15-9-4-2-1-3-8(7)9/h1-4,6,10,15H,5H2,(H,16,18)/t10-/m0/s1. The number of carbonyl (C=O) groups is 2. The molecule has 0 aliphatic rings. The fraction of sp³-hybridized carbons (Fsp3) is 0.167. The lowest BCUT2D eigenvalue weighted by Crippen LogP contribution is -2.40. The molecule has 0 unspecified atom stereocenters. The molecule has 2 N–H and O–H groups in total. The van der Waals surface area contributed by atoms with E-state index in [1.807, 2.05) is 12.1 Å². The van der Waals surface area contributed by atoms with Crippen LogP contribution in [0, 0.1) is 0 Å². The summed E-state index contributed by atoms with van der Waals surface area (Å²) < 4.78 is 24.4. The zero-order chi connectivity index (χ0) is 13.8. The van der Waals surface area contributed by atoms with Crippen LogP contribution < -0.4 is 5.32 Å². The molecule has 0 saturated heterocycles. The molecule has 0 fully saturated rings. The predicted molar refractivity (Wildman–Crippen MR) is 62.6 cm³/mol. The topological polar surface area (TPSA) is 71.2 Å². The number of benzene rings is 1. The van der Waals surface area contributed by atoms with Crippen molar-refractivity contribution in [1.82, 2.24) is 10.3 Å². The summed E-state index contributed by atoms with van der Waals surface area (Å²) >= 11 is 0. The first-order valence-corrected chi connectivity index (χ1v) is 5.45. The van der Waals surface area contributed by atoms with E-state index in [0.29, 0.717) is 5.56 Å². The largest absolute Gasteiger partial charge is 0.445 e. The zero-order valence-corrected chi connectivity index (χ0v) is 9.65. The molecule has 1 atom stereocenters. The number of fused-ring (bicyclic) bond motifs is 1. The minimum absolute atomic E-state index is 0.103. The highest BCUT2D eigenvalue weighted by Crippen LogP contribution is 2.19. The molecule has 19 heavy (non-hydrogen) atoms. The maximum absolute atomic E-state index is 12.8. The van der Waals surface area contributed by atoms with Crippen LogP contribution in [-0.4, -0.2) is 23.2 Å². The van der Waals surface area contributed by atoms with E-state index in [4.69, 9.17) is 0 Å². The third kappa shape index (κ3) is 2.87. The Morgan fingerprint density at radius 2 is 2.11 bits per heavy atom. The van der Waals surface area contributed by atoms with E-state index in [-0.39, 0.29) is 6.42 Å².